The number of aliphatic carboxylic acids is 1. The van der Waals surface area contributed by atoms with Crippen molar-refractivity contribution >= 4 is 11.9 Å². The molecule has 0 aliphatic rings. The number of hydrogen-bond donors (Lipinski definition) is 1. The van der Waals surface area contributed by atoms with Crippen LogP contribution in [0.1, 0.15) is 30.0 Å². The standard InChI is InChI=1S/C13H21N3O4/c1-4-10-8-11(16(5-2)14-10)13(19)15(6-7-20-3)9-12(17)18/h8H,4-7,9H2,1-3H3,(H,17,18). The Morgan fingerprint density at radius 3 is 2.65 bits per heavy atom. The van der Waals surface area contributed by atoms with Crippen LogP contribution in [0.3, 0.4) is 0 Å². The van der Waals surface area contributed by atoms with Gasteiger partial charge in [0, 0.05) is 20.2 Å². The number of carboxylic acid groups (broad SMARTS) is 1. The predicted molar refractivity (Wildman–Crippen MR) is 72.7 cm³/mol. The van der Waals surface area contributed by atoms with Gasteiger partial charge in [-0.15, -0.1) is 0 Å². The van der Waals surface area contributed by atoms with Crippen LogP contribution in [-0.4, -0.2) is 58.5 Å². The van der Waals surface area contributed by atoms with Crippen molar-refractivity contribution in [3.05, 3.63) is 17.5 Å². The molecule has 0 atom stereocenters. The zero-order valence-electron chi connectivity index (χ0n) is 12.1. The van der Waals surface area contributed by atoms with E-state index in [1.54, 1.807) is 10.7 Å². The maximum absolute atomic E-state index is 12.4. The molecule has 20 heavy (non-hydrogen) atoms. The van der Waals surface area contributed by atoms with E-state index in [-0.39, 0.29) is 19.0 Å². The fourth-order valence-electron chi connectivity index (χ4n) is 1.84. The van der Waals surface area contributed by atoms with E-state index in [0.717, 1.165) is 12.1 Å². The van der Waals surface area contributed by atoms with Crippen molar-refractivity contribution in [3.8, 4) is 0 Å². The van der Waals surface area contributed by atoms with Gasteiger partial charge in [0.1, 0.15) is 12.2 Å². The van der Waals surface area contributed by atoms with E-state index in [0.29, 0.717) is 18.8 Å². The first-order valence-electron chi connectivity index (χ1n) is 6.60. The van der Waals surface area contributed by atoms with Crippen molar-refractivity contribution in [2.45, 2.75) is 26.8 Å². The molecule has 0 fully saturated rings. The van der Waals surface area contributed by atoms with Crippen LogP contribution in [0.2, 0.25) is 0 Å². The summed E-state index contributed by atoms with van der Waals surface area (Å²) in [5, 5.41) is 13.2. The quantitative estimate of drug-likeness (QED) is 0.756. The largest absolute Gasteiger partial charge is 0.480 e. The van der Waals surface area contributed by atoms with Gasteiger partial charge in [0.2, 0.25) is 0 Å². The molecule has 1 N–H and O–H groups in total. The van der Waals surface area contributed by atoms with Gasteiger partial charge in [-0.25, -0.2) is 0 Å². The van der Waals surface area contributed by atoms with Crippen LogP contribution in [-0.2, 0) is 22.5 Å². The lowest BCUT2D eigenvalue weighted by Gasteiger charge is -2.20. The number of nitrogens with zero attached hydrogens (tertiary/aromatic N) is 3. The minimum atomic E-state index is -1.05. The molecule has 0 unspecified atom stereocenters. The molecule has 0 aliphatic carbocycles. The average molecular weight is 283 g/mol. The molecule has 112 valence electrons. The smallest absolute Gasteiger partial charge is 0.323 e. The summed E-state index contributed by atoms with van der Waals surface area (Å²) >= 11 is 0. The van der Waals surface area contributed by atoms with Crippen LogP contribution >= 0.6 is 0 Å². The summed E-state index contributed by atoms with van der Waals surface area (Å²) in [6.07, 6.45) is 0.726. The summed E-state index contributed by atoms with van der Waals surface area (Å²) in [5.74, 6) is -1.38. The van der Waals surface area contributed by atoms with E-state index in [1.807, 2.05) is 13.8 Å². The van der Waals surface area contributed by atoms with Gasteiger partial charge < -0.3 is 14.7 Å². The normalized spacial score (nSPS) is 10.6. The Labute approximate surface area is 118 Å². The summed E-state index contributed by atoms with van der Waals surface area (Å²) in [5.41, 5.74) is 1.24. The SMILES string of the molecule is CCc1cc(C(=O)N(CCOC)CC(=O)O)n(CC)n1. The van der Waals surface area contributed by atoms with Gasteiger partial charge in [-0.2, -0.15) is 5.10 Å². The van der Waals surface area contributed by atoms with Crippen LogP contribution in [0.15, 0.2) is 6.07 Å². The van der Waals surface area contributed by atoms with Gasteiger partial charge in [0.15, 0.2) is 0 Å². The second-order valence-corrected chi connectivity index (χ2v) is 4.30. The molecule has 0 aliphatic heterocycles. The molecule has 0 bridgehead atoms. The Morgan fingerprint density at radius 2 is 2.15 bits per heavy atom. The van der Waals surface area contributed by atoms with E-state index in [2.05, 4.69) is 5.10 Å². The van der Waals surface area contributed by atoms with Gasteiger partial charge in [0.25, 0.3) is 5.91 Å². The zero-order valence-corrected chi connectivity index (χ0v) is 12.1. The van der Waals surface area contributed by atoms with Crippen LogP contribution in [0.5, 0.6) is 0 Å². The van der Waals surface area contributed by atoms with Gasteiger partial charge in [-0.1, -0.05) is 6.92 Å². The van der Waals surface area contributed by atoms with Crippen molar-refractivity contribution in [2.24, 2.45) is 0 Å². The van der Waals surface area contributed by atoms with Crippen molar-refractivity contribution < 1.29 is 19.4 Å². The highest BCUT2D eigenvalue weighted by atomic mass is 16.5. The van der Waals surface area contributed by atoms with E-state index in [1.165, 1.54) is 12.0 Å². The highest BCUT2D eigenvalue weighted by molar-refractivity contribution is 5.94. The second-order valence-electron chi connectivity index (χ2n) is 4.30. The molecular weight excluding hydrogens is 262 g/mol. The minimum Gasteiger partial charge on any atom is -0.480 e. The summed E-state index contributed by atoms with van der Waals surface area (Å²) in [6, 6.07) is 1.72. The van der Waals surface area contributed by atoms with E-state index >= 15 is 0 Å². The molecule has 1 rings (SSSR count). The van der Waals surface area contributed by atoms with Crippen molar-refractivity contribution in [2.75, 3.05) is 26.8 Å². The Hall–Kier alpha value is -1.89. The van der Waals surface area contributed by atoms with Crippen molar-refractivity contribution in [3.63, 3.8) is 0 Å². The third kappa shape index (κ3) is 4.06. The number of carboxylic acids is 1. The molecule has 0 spiro atoms. The van der Waals surface area contributed by atoms with E-state index in [9.17, 15) is 9.59 Å². The fourth-order valence-corrected chi connectivity index (χ4v) is 1.84. The van der Waals surface area contributed by atoms with Gasteiger partial charge in [0.05, 0.1) is 12.3 Å². The molecule has 0 radical (unpaired) electrons. The first-order valence-corrected chi connectivity index (χ1v) is 6.60. The van der Waals surface area contributed by atoms with Crippen molar-refractivity contribution in [1.29, 1.82) is 0 Å². The van der Waals surface area contributed by atoms with Crippen molar-refractivity contribution in [1.82, 2.24) is 14.7 Å². The molecule has 1 aromatic heterocycles. The Balaban J connectivity index is 2.97. The van der Waals surface area contributed by atoms with Crippen LogP contribution in [0, 0.1) is 0 Å². The fraction of sp³-hybridized carbons (Fsp3) is 0.615. The minimum absolute atomic E-state index is 0.234. The highest BCUT2D eigenvalue weighted by Crippen LogP contribution is 2.09. The predicted octanol–water partition coefficient (Wildman–Crippen LogP) is 0.639. The first-order chi connectivity index (χ1) is 9.53. The Kier molecular flexibility index (Phi) is 6.17. The van der Waals surface area contributed by atoms with Gasteiger partial charge >= 0.3 is 5.97 Å². The number of carbonyl (C=O) groups excluding carboxylic acids is 1. The Bertz CT molecular complexity index is 470. The second kappa shape index (κ2) is 7.64. The number of carbonyl (C=O) groups is 2. The lowest BCUT2D eigenvalue weighted by atomic mass is 10.2. The topological polar surface area (TPSA) is 84.7 Å². The molecule has 1 aromatic rings. The molecule has 0 aromatic carbocycles. The summed E-state index contributed by atoms with van der Waals surface area (Å²) in [6.45, 7) is 4.58. The molecule has 7 nitrogen and oxygen atoms in total. The number of aromatic nitrogens is 2. The average Bonchev–Trinajstić information content (AvgIpc) is 2.85. The molecule has 7 heteroatoms. The zero-order chi connectivity index (χ0) is 15.1. The molecule has 0 saturated heterocycles. The molecular formula is C13H21N3O4. The van der Waals surface area contributed by atoms with Gasteiger partial charge in [-0.3, -0.25) is 14.3 Å². The third-order valence-corrected chi connectivity index (χ3v) is 2.89. The number of aryl methyl sites for hydroxylation is 2. The van der Waals surface area contributed by atoms with Crippen LogP contribution < -0.4 is 0 Å². The highest BCUT2D eigenvalue weighted by Gasteiger charge is 2.22. The maximum Gasteiger partial charge on any atom is 0.323 e. The number of methoxy groups -OCH3 is 1. The molecule has 0 saturated carbocycles. The van der Waals surface area contributed by atoms with Gasteiger partial charge in [-0.05, 0) is 19.4 Å². The van der Waals surface area contributed by atoms with E-state index in [4.69, 9.17) is 9.84 Å². The van der Waals surface area contributed by atoms with Crippen LogP contribution in [0.4, 0.5) is 0 Å². The monoisotopic (exact) mass is 283 g/mol. The number of amides is 1. The first kappa shape index (κ1) is 16.2. The molecule has 1 heterocycles. The lowest BCUT2D eigenvalue weighted by molar-refractivity contribution is -0.137. The number of ether oxygens (including phenoxy) is 1. The van der Waals surface area contributed by atoms with Crippen LogP contribution in [0.25, 0.3) is 0 Å². The number of rotatable bonds is 8. The number of hydrogen-bond acceptors (Lipinski definition) is 4. The summed E-state index contributed by atoms with van der Waals surface area (Å²) < 4.78 is 6.51. The maximum atomic E-state index is 12.4. The Morgan fingerprint density at radius 1 is 1.45 bits per heavy atom. The lowest BCUT2D eigenvalue weighted by Crippen LogP contribution is -2.39. The molecule has 1 amide bonds. The summed E-state index contributed by atoms with van der Waals surface area (Å²) in [4.78, 5) is 24.6. The third-order valence-electron chi connectivity index (χ3n) is 2.89. The van der Waals surface area contributed by atoms with E-state index < -0.39 is 5.97 Å². The summed E-state index contributed by atoms with van der Waals surface area (Å²) in [7, 11) is 1.51.